The van der Waals surface area contributed by atoms with Gasteiger partial charge < -0.3 is 9.88 Å². The van der Waals surface area contributed by atoms with Crippen molar-refractivity contribution in [2.45, 2.75) is 23.2 Å². The molecule has 0 radical (unpaired) electrons. The molecule has 0 aliphatic carbocycles. The van der Waals surface area contributed by atoms with Gasteiger partial charge in [0.15, 0.2) is 11.0 Å². The molecule has 1 atom stereocenters. The number of aryl methyl sites for hydroxylation is 1. The van der Waals surface area contributed by atoms with E-state index in [1.54, 1.807) is 0 Å². The fraction of sp³-hybridized carbons (Fsp3) is 0.211. The van der Waals surface area contributed by atoms with Crippen molar-refractivity contribution < 1.29 is 4.79 Å². The van der Waals surface area contributed by atoms with Crippen molar-refractivity contribution in [2.75, 3.05) is 5.32 Å². The van der Waals surface area contributed by atoms with Gasteiger partial charge >= 0.3 is 0 Å². The Morgan fingerprint density at radius 2 is 1.92 bits per heavy atom. The van der Waals surface area contributed by atoms with Crippen molar-refractivity contribution in [1.29, 1.82) is 0 Å². The maximum Gasteiger partial charge on any atom is 0.237 e. The third-order valence-corrected chi connectivity index (χ3v) is 6.43. The van der Waals surface area contributed by atoms with E-state index in [2.05, 4.69) is 37.5 Å². The summed E-state index contributed by atoms with van der Waals surface area (Å²) in [6.45, 7) is 0. The molecule has 1 aliphatic rings. The second kappa shape index (κ2) is 7.25. The van der Waals surface area contributed by atoms with Gasteiger partial charge in [-0.05, 0) is 30.5 Å². The van der Waals surface area contributed by atoms with Gasteiger partial charge in [0.2, 0.25) is 5.91 Å². The Balaban J connectivity index is 1.57. The topological polar surface area (TPSA) is 59.8 Å². The number of carbonyl (C=O) groups excluding carboxylic acids is 1. The third-order valence-electron chi connectivity index (χ3n) is 4.44. The lowest BCUT2D eigenvalue weighted by Gasteiger charge is -2.12. The molecule has 0 saturated heterocycles. The van der Waals surface area contributed by atoms with E-state index in [4.69, 9.17) is 0 Å². The highest BCUT2D eigenvalue weighted by Gasteiger charge is 2.26. The Labute approximate surface area is 164 Å². The van der Waals surface area contributed by atoms with Crippen LogP contribution >= 0.6 is 27.7 Å². The Morgan fingerprint density at radius 1 is 1.15 bits per heavy atom. The molecule has 0 saturated carbocycles. The lowest BCUT2D eigenvalue weighted by Crippen LogP contribution is -2.24. The fourth-order valence-corrected chi connectivity index (χ4v) is 4.48. The summed E-state index contributed by atoms with van der Waals surface area (Å²) in [5.41, 5.74) is 3.07. The van der Waals surface area contributed by atoms with E-state index in [1.807, 2.05) is 54.1 Å². The number of nitrogens with zero attached hydrogens (tertiary/aromatic N) is 3. The third kappa shape index (κ3) is 3.29. The second-order valence-corrected chi connectivity index (χ2v) is 8.16. The fourth-order valence-electron chi connectivity index (χ4n) is 3.03. The van der Waals surface area contributed by atoms with Crippen molar-refractivity contribution in [2.24, 2.45) is 7.05 Å². The summed E-state index contributed by atoms with van der Waals surface area (Å²) in [6.07, 6.45) is 1.63. The highest BCUT2D eigenvalue weighted by Crippen LogP contribution is 2.33. The Hall–Kier alpha value is -2.12. The highest BCUT2D eigenvalue weighted by molar-refractivity contribution is 9.10. The molecule has 26 heavy (non-hydrogen) atoms. The van der Waals surface area contributed by atoms with Crippen LogP contribution in [0.3, 0.4) is 0 Å². The average Bonchev–Trinajstić information content (AvgIpc) is 2.91. The van der Waals surface area contributed by atoms with Crippen LogP contribution < -0.4 is 5.32 Å². The molecule has 1 amide bonds. The zero-order valence-electron chi connectivity index (χ0n) is 14.1. The number of para-hydroxylation sites is 1. The van der Waals surface area contributed by atoms with Crippen molar-refractivity contribution in [3.05, 3.63) is 58.6 Å². The van der Waals surface area contributed by atoms with E-state index < -0.39 is 0 Å². The van der Waals surface area contributed by atoms with Crippen LogP contribution in [0.15, 0.2) is 58.2 Å². The minimum absolute atomic E-state index is 0.0189. The molecular weight excluding hydrogens is 412 g/mol. The maximum atomic E-state index is 12.6. The van der Waals surface area contributed by atoms with Gasteiger partial charge in [-0.2, -0.15) is 0 Å². The minimum Gasteiger partial charge on any atom is -0.325 e. The molecular formula is C19H17BrN4OS. The zero-order chi connectivity index (χ0) is 18.1. The summed E-state index contributed by atoms with van der Waals surface area (Å²) in [6, 6.07) is 15.9. The average molecular weight is 429 g/mol. The normalized spacial score (nSPS) is 16.7. The zero-order valence-corrected chi connectivity index (χ0v) is 16.5. The predicted octanol–water partition coefficient (Wildman–Crippen LogP) is 4.29. The summed E-state index contributed by atoms with van der Waals surface area (Å²) in [5.74, 6) is 0.794. The molecule has 7 heteroatoms. The highest BCUT2D eigenvalue weighted by atomic mass is 79.9. The van der Waals surface area contributed by atoms with E-state index in [1.165, 1.54) is 17.3 Å². The number of anilines is 1. The lowest BCUT2D eigenvalue weighted by molar-refractivity contribution is -0.115. The largest absolute Gasteiger partial charge is 0.325 e. The summed E-state index contributed by atoms with van der Waals surface area (Å²) in [5, 5.41) is 12.2. The van der Waals surface area contributed by atoms with E-state index in [-0.39, 0.29) is 11.2 Å². The molecule has 2 heterocycles. The monoisotopic (exact) mass is 428 g/mol. The summed E-state index contributed by atoms with van der Waals surface area (Å²) < 4.78 is 2.91. The molecule has 1 N–H and O–H groups in total. The van der Waals surface area contributed by atoms with Gasteiger partial charge in [0, 0.05) is 22.8 Å². The number of rotatable bonds is 3. The molecule has 1 aliphatic heterocycles. The number of amides is 1. The Bertz CT molecular complexity index is 972. The van der Waals surface area contributed by atoms with Crippen LogP contribution in [-0.2, 0) is 18.3 Å². The molecule has 132 valence electrons. The van der Waals surface area contributed by atoms with Crippen LogP contribution in [0.4, 0.5) is 5.69 Å². The molecule has 3 aromatic rings. The van der Waals surface area contributed by atoms with E-state index in [0.717, 1.165) is 39.5 Å². The SMILES string of the molecule is Cn1c(SC2CCc3ccccc3NC2=O)nnc1-c1ccccc1Br. The van der Waals surface area contributed by atoms with Crippen LogP contribution in [-0.4, -0.2) is 25.9 Å². The van der Waals surface area contributed by atoms with Crippen LogP contribution in [0.25, 0.3) is 11.4 Å². The molecule has 2 aromatic carbocycles. The lowest BCUT2D eigenvalue weighted by atomic mass is 10.1. The molecule has 1 aromatic heterocycles. The Morgan fingerprint density at radius 3 is 2.77 bits per heavy atom. The van der Waals surface area contributed by atoms with Crippen LogP contribution in [0.1, 0.15) is 12.0 Å². The van der Waals surface area contributed by atoms with E-state index in [9.17, 15) is 4.79 Å². The van der Waals surface area contributed by atoms with Crippen molar-refractivity contribution in [3.63, 3.8) is 0 Å². The van der Waals surface area contributed by atoms with Gasteiger partial charge in [0.1, 0.15) is 0 Å². The first-order chi connectivity index (χ1) is 12.6. The molecule has 1 unspecified atom stereocenters. The van der Waals surface area contributed by atoms with Crippen molar-refractivity contribution in [3.8, 4) is 11.4 Å². The number of fused-ring (bicyclic) bond motifs is 1. The molecule has 0 spiro atoms. The molecule has 0 fully saturated rings. The van der Waals surface area contributed by atoms with Gasteiger partial charge in [-0.15, -0.1) is 10.2 Å². The number of benzene rings is 2. The van der Waals surface area contributed by atoms with Crippen molar-refractivity contribution >= 4 is 39.3 Å². The first-order valence-electron chi connectivity index (χ1n) is 8.33. The van der Waals surface area contributed by atoms with Gasteiger partial charge in [-0.25, -0.2) is 0 Å². The molecule has 5 nitrogen and oxygen atoms in total. The second-order valence-electron chi connectivity index (χ2n) is 6.14. The Kier molecular flexibility index (Phi) is 4.82. The number of halogens is 1. The standard InChI is InChI=1S/C19H17BrN4OS/c1-24-17(13-7-3-4-8-14(13)20)22-23-19(24)26-16-11-10-12-6-2-5-9-15(12)21-18(16)25/h2-9,16H,10-11H2,1H3,(H,21,25). The molecule has 4 rings (SSSR count). The van der Waals surface area contributed by atoms with Gasteiger partial charge in [0.25, 0.3) is 0 Å². The number of hydrogen-bond acceptors (Lipinski definition) is 4. The van der Waals surface area contributed by atoms with Gasteiger partial charge in [-0.1, -0.05) is 64.1 Å². The number of nitrogens with one attached hydrogen (secondary N) is 1. The first kappa shape index (κ1) is 17.3. The number of hydrogen-bond donors (Lipinski definition) is 1. The van der Waals surface area contributed by atoms with E-state index >= 15 is 0 Å². The summed E-state index contributed by atoms with van der Waals surface area (Å²) in [4.78, 5) is 12.6. The van der Waals surface area contributed by atoms with Crippen LogP contribution in [0.2, 0.25) is 0 Å². The van der Waals surface area contributed by atoms with Crippen molar-refractivity contribution in [1.82, 2.24) is 14.8 Å². The van der Waals surface area contributed by atoms with E-state index in [0.29, 0.717) is 0 Å². The van der Waals surface area contributed by atoms with Gasteiger partial charge in [-0.3, -0.25) is 4.79 Å². The first-order valence-corrected chi connectivity index (χ1v) is 10.0. The molecule has 0 bridgehead atoms. The quantitative estimate of drug-likeness (QED) is 0.675. The number of carbonyl (C=O) groups is 1. The number of thioether (sulfide) groups is 1. The number of aromatic nitrogens is 3. The van der Waals surface area contributed by atoms with Gasteiger partial charge in [0.05, 0.1) is 5.25 Å². The van der Waals surface area contributed by atoms with Crippen LogP contribution in [0, 0.1) is 0 Å². The summed E-state index contributed by atoms with van der Waals surface area (Å²) in [7, 11) is 1.93. The minimum atomic E-state index is -0.197. The summed E-state index contributed by atoms with van der Waals surface area (Å²) >= 11 is 5.03. The smallest absolute Gasteiger partial charge is 0.237 e. The predicted molar refractivity (Wildman–Crippen MR) is 107 cm³/mol. The van der Waals surface area contributed by atoms with Crippen LogP contribution in [0.5, 0.6) is 0 Å². The maximum absolute atomic E-state index is 12.6.